The number of allylic oxidation sites excluding steroid dienone is 2. The molecule has 0 atom stereocenters. The number of hydrogen-bond acceptors (Lipinski definition) is 4. The second-order valence-corrected chi connectivity index (χ2v) is 12.8. The van der Waals surface area contributed by atoms with Crippen LogP contribution < -0.4 is 9.47 Å². The average molecular weight is 725 g/mol. The zero-order valence-electron chi connectivity index (χ0n) is 28.0. The van der Waals surface area contributed by atoms with Crippen LogP contribution in [0.4, 0.5) is 26.3 Å². The molecule has 272 valence electrons. The van der Waals surface area contributed by atoms with E-state index in [1.165, 1.54) is 36.4 Å². The van der Waals surface area contributed by atoms with Crippen LogP contribution >= 0.6 is 0 Å². The van der Waals surface area contributed by atoms with Gasteiger partial charge >= 0.3 is 24.3 Å². The molecule has 0 bridgehead atoms. The van der Waals surface area contributed by atoms with Gasteiger partial charge in [0, 0.05) is 23.0 Å². The first-order valence-corrected chi connectivity index (χ1v) is 16.0. The van der Waals surface area contributed by atoms with E-state index in [1.807, 2.05) is 24.3 Å². The molecule has 2 N–H and O–H groups in total. The Morgan fingerprint density at radius 3 is 0.981 bits per heavy atom. The number of hydrogen-bond donors (Lipinski definition) is 2. The normalized spacial score (nSPS) is 19.6. The highest BCUT2D eigenvalue weighted by Gasteiger charge is 2.45. The lowest BCUT2D eigenvalue weighted by Gasteiger charge is -2.45. The molecule has 2 aliphatic carbocycles. The molecule has 12 heteroatoms. The quantitative estimate of drug-likeness (QED) is 0.139. The van der Waals surface area contributed by atoms with E-state index < -0.39 is 46.2 Å². The molecule has 0 unspecified atom stereocenters. The predicted molar refractivity (Wildman–Crippen MR) is 180 cm³/mol. The van der Waals surface area contributed by atoms with Crippen molar-refractivity contribution in [3.8, 4) is 11.5 Å². The number of rotatable bonds is 8. The molecule has 2 saturated carbocycles. The number of ether oxygens (including phenoxy) is 2. The first kappa shape index (κ1) is 37.7. The number of carboxylic acids is 2. The molecule has 0 saturated heterocycles. The van der Waals surface area contributed by atoms with E-state index in [-0.39, 0.29) is 0 Å². The van der Waals surface area contributed by atoms with E-state index in [4.69, 9.17) is 19.7 Å². The van der Waals surface area contributed by atoms with Crippen molar-refractivity contribution in [2.24, 2.45) is 0 Å². The fourth-order valence-electron chi connectivity index (χ4n) is 6.93. The first-order valence-electron chi connectivity index (χ1n) is 16.0. The average Bonchev–Trinajstić information content (AvgIpc) is 3.07. The summed E-state index contributed by atoms with van der Waals surface area (Å²) in [5.41, 5.74) is 2.35. The molecular weight excluding hydrogens is 690 g/mol. The Kier molecular flexibility index (Phi) is 10.6. The lowest BCUT2D eigenvalue weighted by Crippen LogP contribution is -2.37. The van der Waals surface area contributed by atoms with E-state index in [0.29, 0.717) is 37.2 Å². The third kappa shape index (κ3) is 8.01. The minimum atomic E-state index is -4.39. The Morgan fingerprint density at radius 1 is 0.519 bits per heavy atom. The summed E-state index contributed by atoms with van der Waals surface area (Å²) in [6.07, 6.45) is -4.61. The van der Waals surface area contributed by atoms with Crippen LogP contribution in [0.1, 0.15) is 59.1 Å². The highest BCUT2D eigenvalue weighted by atomic mass is 19.4. The summed E-state index contributed by atoms with van der Waals surface area (Å²) in [5, 5.41) is 17.9. The SMILES string of the molecule is COc1ccc(C2(c3ccc(C(F)(F)F)cc3)CC(=CC(=O)O)C2)cc1.COc1ccc(C2(c3ccc(C(F)(F)F)cc3)CC(=CC(=O)O)C2)cc1. The van der Waals surface area contributed by atoms with E-state index >= 15 is 0 Å². The summed E-state index contributed by atoms with van der Waals surface area (Å²) >= 11 is 0. The molecule has 0 aromatic heterocycles. The zero-order chi connectivity index (χ0) is 37.9. The van der Waals surface area contributed by atoms with Crippen molar-refractivity contribution >= 4 is 11.9 Å². The Labute approximate surface area is 295 Å². The van der Waals surface area contributed by atoms with Crippen molar-refractivity contribution in [2.75, 3.05) is 14.2 Å². The highest BCUT2D eigenvalue weighted by Crippen LogP contribution is 2.54. The van der Waals surface area contributed by atoms with Crippen molar-refractivity contribution < 1.29 is 55.6 Å². The van der Waals surface area contributed by atoms with Gasteiger partial charge in [-0.25, -0.2) is 9.59 Å². The van der Waals surface area contributed by atoms with Gasteiger partial charge in [0.05, 0.1) is 25.3 Å². The van der Waals surface area contributed by atoms with Crippen molar-refractivity contribution in [2.45, 2.75) is 48.9 Å². The maximum atomic E-state index is 12.8. The van der Waals surface area contributed by atoms with Crippen LogP contribution in [0.25, 0.3) is 0 Å². The van der Waals surface area contributed by atoms with Crippen molar-refractivity contribution in [1.29, 1.82) is 0 Å². The fraction of sp³-hybridized carbons (Fsp3) is 0.250. The highest BCUT2D eigenvalue weighted by molar-refractivity contribution is 5.82. The van der Waals surface area contributed by atoms with Crippen molar-refractivity contribution in [1.82, 2.24) is 0 Å². The summed E-state index contributed by atoms with van der Waals surface area (Å²) in [6.45, 7) is 0. The first-order chi connectivity index (χ1) is 24.5. The minimum Gasteiger partial charge on any atom is -0.497 e. The van der Waals surface area contributed by atoms with Crippen LogP contribution in [-0.2, 0) is 32.8 Å². The molecule has 4 aromatic rings. The Morgan fingerprint density at radius 2 is 0.769 bits per heavy atom. The number of carboxylic acid groups (broad SMARTS) is 2. The minimum absolute atomic E-state index is 0.455. The molecule has 2 fully saturated rings. The van der Waals surface area contributed by atoms with E-state index in [9.17, 15) is 35.9 Å². The van der Waals surface area contributed by atoms with E-state index in [1.54, 1.807) is 38.5 Å². The van der Waals surface area contributed by atoms with Gasteiger partial charge in [-0.2, -0.15) is 26.3 Å². The van der Waals surface area contributed by atoms with E-state index in [2.05, 4.69) is 0 Å². The Hall–Kier alpha value is -5.52. The topological polar surface area (TPSA) is 93.1 Å². The summed E-state index contributed by atoms with van der Waals surface area (Å²) < 4.78 is 87.3. The summed E-state index contributed by atoms with van der Waals surface area (Å²) in [4.78, 5) is 21.8. The van der Waals surface area contributed by atoms with Crippen molar-refractivity contribution in [3.63, 3.8) is 0 Å². The van der Waals surface area contributed by atoms with Crippen LogP contribution in [0, 0.1) is 0 Å². The number of carbonyl (C=O) groups is 2. The van der Waals surface area contributed by atoms with Crippen LogP contribution in [0.5, 0.6) is 11.5 Å². The second kappa shape index (κ2) is 14.6. The molecule has 6 nitrogen and oxygen atoms in total. The van der Waals surface area contributed by atoms with Gasteiger partial charge in [-0.15, -0.1) is 0 Å². The smallest absolute Gasteiger partial charge is 0.416 e. The largest absolute Gasteiger partial charge is 0.497 e. The molecule has 0 aliphatic heterocycles. The van der Waals surface area contributed by atoms with Gasteiger partial charge in [-0.3, -0.25) is 0 Å². The van der Waals surface area contributed by atoms with Gasteiger partial charge in [0.2, 0.25) is 0 Å². The molecule has 0 spiro atoms. The molecule has 52 heavy (non-hydrogen) atoms. The third-order valence-electron chi connectivity index (χ3n) is 9.59. The van der Waals surface area contributed by atoms with Crippen LogP contribution in [0.15, 0.2) is 120 Å². The van der Waals surface area contributed by atoms with Gasteiger partial charge in [0.15, 0.2) is 0 Å². The number of benzene rings is 4. The summed E-state index contributed by atoms with van der Waals surface area (Å²) in [6, 6.07) is 24.8. The number of aliphatic carboxylic acids is 2. The third-order valence-corrected chi connectivity index (χ3v) is 9.59. The second-order valence-electron chi connectivity index (χ2n) is 12.8. The molecule has 2 aliphatic rings. The lowest BCUT2D eigenvalue weighted by atomic mass is 9.58. The molecule has 0 radical (unpaired) electrons. The van der Waals surface area contributed by atoms with Crippen molar-refractivity contribution in [3.05, 3.63) is 154 Å². The standard InChI is InChI=1S/2C20H17F3O3/c2*1-26-17-8-6-15(7-9-17)19(11-13(12-19)10-18(24)25)14-2-4-16(5-3-14)20(21,22)23/h2*2-10H,11-12H2,1H3,(H,24,25). The fourth-order valence-corrected chi connectivity index (χ4v) is 6.93. The molecule has 0 heterocycles. The maximum Gasteiger partial charge on any atom is 0.416 e. The number of methoxy groups -OCH3 is 2. The van der Waals surface area contributed by atoms with E-state index in [0.717, 1.165) is 57.7 Å². The van der Waals surface area contributed by atoms with Gasteiger partial charge < -0.3 is 19.7 Å². The molecule has 0 amide bonds. The Balaban J connectivity index is 0.000000201. The lowest BCUT2D eigenvalue weighted by molar-refractivity contribution is -0.138. The summed E-state index contributed by atoms with van der Waals surface area (Å²) in [5.74, 6) is -0.680. The molecular formula is C40H34F6O6. The van der Waals surface area contributed by atoms with Gasteiger partial charge in [0.1, 0.15) is 11.5 Å². The zero-order valence-corrected chi connectivity index (χ0v) is 28.0. The molecule has 6 rings (SSSR count). The van der Waals surface area contributed by atoms with Crippen LogP contribution in [0.2, 0.25) is 0 Å². The predicted octanol–water partition coefficient (Wildman–Crippen LogP) is 9.61. The van der Waals surface area contributed by atoms with Gasteiger partial charge in [0.25, 0.3) is 0 Å². The number of alkyl halides is 6. The van der Waals surface area contributed by atoms with Crippen LogP contribution in [0.3, 0.4) is 0 Å². The van der Waals surface area contributed by atoms with Crippen LogP contribution in [-0.4, -0.2) is 36.4 Å². The monoisotopic (exact) mass is 724 g/mol. The maximum absolute atomic E-state index is 12.8. The number of halogens is 6. The Bertz CT molecular complexity index is 1800. The molecule has 4 aromatic carbocycles. The summed E-state index contributed by atoms with van der Waals surface area (Å²) in [7, 11) is 3.11. The van der Waals surface area contributed by atoms with Gasteiger partial charge in [-0.05, 0) is 96.5 Å². The van der Waals surface area contributed by atoms with Gasteiger partial charge in [-0.1, -0.05) is 59.7 Å².